The first-order chi connectivity index (χ1) is 13.3. The van der Waals surface area contributed by atoms with Crippen LogP contribution in [0.5, 0.6) is 5.75 Å². The number of hydrogen-bond donors (Lipinski definition) is 3. The Morgan fingerprint density at radius 3 is 2.57 bits per heavy atom. The summed E-state index contributed by atoms with van der Waals surface area (Å²) in [5.41, 5.74) is -0.0911. The number of nitrogens with zero attached hydrogens (tertiary/aromatic N) is 1. The first kappa shape index (κ1) is 21.5. The number of amides is 2. The second-order valence-corrected chi connectivity index (χ2v) is 6.40. The highest BCUT2D eigenvalue weighted by Crippen LogP contribution is 2.25. The number of carbonyl (C=O) groups excluding carboxylic acids is 2. The molecule has 8 nitrogen and oxygen atoms in total. The number of carboxylic acid groups (broad SMARTS) is 1. The highest BCUT2D eigenvalue weighted by molar-refractivity contribution is 5.98. The highest BCUT2D eigenvalue weighted by Gasteiger charge is 2.34. The fourth-order valence-electron chi connectivity index (χ4n) is 3.06. The molecule has 0 aromatic heterocycles. The van der Waals surface area contributed by atoms with Crippen molar-refractivity contribution in [3.05, 3.63) is 29.8 Å². The maximum Gasteiger partial charge on any atom is 0.387 e. The molecular weight excluding hydrogens is 376 g/mol. The third-order valence-electron chi connectivity index (χ3n) is 4.50. The zero-order chi connectivity index (χ0) is 20.7. The van der Waals surface area contributed by atoms with Gasteiger partial charge in [0.15, 0.2) is 0 Å². The van der Waals surface area contributed by atoms with Crippen LogP contribution in [0.2, 0.25) is 0 Å². The van der Waals surface area contributed by atoms with E-state index in [9.17, 15) is 23.2 Å². The van der Waals surface area contributed by atoms with Crippen molar-refractivity contribution in [1.82, 2.24) is 15.5 Å². The Bertz CT molecular complexity index is 710. The number of para-hydroxylation sites is 1. The van der Waals surface area contributed by atoms with E-state index in [0.29, 0.717) is 19.4 Å². The SMILES string of the molecule is CCN(CC(=O)O)C1CC(NC(=O)CNC(=O)c2ccccc2OC(F)F)C1. The van der Waals surface area contributed by atoms with Gasteiger partial charge in [-0.05, 0) is 31.5 Å². The van der Waals surface area contributed by atoms with Gasteiger partial charge in [0, 0.05) is 12.1 Å². The van der Waals surface area contributed by atoms with Gasteiger partial charge in [-0.3, -0.25) is 19.3 Å². The van der Waals surface area contributed by atoms with Gasteiger partial charge in [0.05, 0.1) is 18.7 Å². The summed E-state index contributed by atoms with van der Waals surface area (Å²) in [4.78, 5) is 36.8. The minimum absolute atomic E-state index is 0.0437. The number of ether oxygens (including phenoxy) is 1. The number of hydrogen-bond acceptors (Lipinski definition) is 5. The second kappa shape index (κ2) is 9.98. The van der Waals surface area contributed by atoms with Crippen LogP contribution in [-0.4, -0.2) is 66.1 Å². The second-order valence-electron chi connectivity index (χ2n) is 6.40. The number of aliphatic carboxylic acids is 1. The molecule has 1 aromatic rings. The van der Waals surface area contributed by atoms with Gasteiger partial charge in [-0.2, -0.15) is 8.78 Å². The molecule has 0 heterocycles. The lowest BCUT2D eigenvalue weighted by Gasteiger charge is -2.42. The van der Waals surface area contributed by atoms with Crippen molar-refractivity contribution in [3.63, 3.8) is 0 Å². The number of alkyl halides is 2. The first-order valence-corrected chi connectivity index (χ1v) is 8.87. The lowest BCUT2D eigenvalue weighted by Crippen LogP contribution is -2.55. The van der Waals surface area contributed by atoms with E-state index in [2.05, 4.69) is 15.4 Å². The normalized spacial score (nSPS) is 18.5. The maximum absolute atomic E-state index is 12.4. The Kier molecular flexibility index (Phi) is 7.68. The van der Waals surface area contributed by atoms with Crippen molar-refractivity contribution in [2.75, 3.05) is 19.6 Å². The predicted molar refractivity (Wildman–Crippen MR) is 95.2 cm³/mol. The summed E-state index contributed by atoms with van der Waals surface area (Å²) in [6.45, 7) is -0.936. The Morgan fingerprint density at radius 1 is 1.29 bits per heavy atom. The number of carbonyl (C=O) groups is 3. The lowest BCUT2D eigenvalue weighted by atomic mass is 9.85. The molecule has 0 spiro atoms. The molecule has 28 heavy (non-hydrogen) atoms. The van der Waals surface area contributed by atoms with Crippen molar-refractivity contribution >= 4 is 17.8 Å². The average molecular weight is 399 g/mol. The Hall–Kier alpha value is -2.75. The largest absolute Gasteiger partial charge is 0.480 e. The number of carboxylic acids is 1. The van der Waals surface area contributed by atoms with Gasteiger partial charge in [0.1, 0.15) is 5.75 Å². The number of likely N-dealkylation sites (N-methyl/N-ethyl adjacent to an activating group) is 1. The van der Waals surface area contributed by atoms with Crippen LogP contribution in [0.15, 0.2) is 24.3 Å². The molecular formula is C18H23F2N3O5. The average Bonchev–Trinajstić information content (AvgIpc) is 2.60. The number of benzene rings is 1. The molecule has 1 aromatic carbocycles. The van der Waals surface area contributed by atoms with Crippen LogP contribution >= 0.6 is 0 Å². The summed E-state index contributed by atoms with van der Waals surface area (Å²) in [5.74, 6) is -2.27. The van der Waals surface area contributed by atoms with Crippen LogP contribution in [0, 0.1) is 0 Å². The summed E-state index contributed by atoms with van der Waals surface area (Å²) in [6, 6.07) is 5.53. The molecule has 154 valence electrons. The van der Waals surface area contributed by atoms with Crippen LogP contribution in [0.4, 0.5) is 8.78 Å². The maximum atomic E-state index is 12.4. The van der Waals surface area contributed by atoms with Crippen LogP contribution in [0.25, 0.3) is 0 Å². The van der Waals surface area contributed by atoms with E-state index in [1.54, 1.807) is 0 Å². The van der Waals surface area contributed by atoms with Gasteiger partial charge >= 0.3 is 12.6 Å². The smallest absolute Gasteiger partial charge is 0.387 e. The molecule has 0 atom stereocenters. The van der Waals surface area contributed by atoms with Crippen LogP contribution in [-0.2, 0) is 9.59 Å². The Morgan fingerprint density at radius 2 is 1.96 bits per heavy atom. The van der Waals surface area contributed by atoms with E-state index in [0.717, 1.165) is 0 Å². The summed E-state index contributed by atoms with van der Waals surface area (Å²) >= 11 is 0. The van der Waals surface area contributed by atoms with Gasteiger partial charge in [-0.1, -0.05) is 19.1 Å². The fourth-order valence-corrected chi connectivity index (χ4v) is 3.06. The third kappa shape index (κ3) is 6.15. The number of rotatable bonds is 10. The molecule has 1 saturated carbocycles. The summed E-state index contributed by atoms with van der Waals surface area (Å²) in [7, 11) is 0. The molecule has 1 aliphatic carbocycles. The molecule has 0 unspecified atom stereocenters. The number of halogens is 2. The third-order valence-corrected chi connectivity index (χ3v) is 4.50. The first-order valence-electron chi connectivity index (χ1n) is 8.87. The van der Waals surface area contributed by atoms with Crippen LogP contribution in [0.1, 0.15) is 30.1 Å². The van der Waals surface area contributed by atoms with Crippen molar-refractivity contribution in [2.24, 2.45) is 0 Å². The quantitative estimate of drug-likeness (QED) is 0.543. The lowest BCUT2D eigenvalue weighted by molar-refractivity contribution is -0.139. The predicted octanol–water partition coefficient (Wildman–Crippen LogP) is 1.07. The Labute approximate surface area is 160 Å². The summed E-state index contributed by atoms with van der Waals surface area (Å²) < 4.78 is 29.1. The highest BCUT2D eigenvalue weighted by atomic mass is 19.3. The van der Waals surface area contributed by atoms with E-state index >= 15 is 0 Å². The molecule has 0 saturated heterocycles. The zero-order valence-corrected chi connectivity index (χ0v) is 15.4. The van der Waals surface area contributed by atoms with Crippen molar-refractivity contribution in [1.29, 1.82) is 0 Å². The van der Waals surface area contributed by atoms with Crippen LogP contribution < -0.4 is 15.4 Å². The molecule has 2 amide bonds. The van der Waals surface area contributed by atoms with Crippen molar-refractivity contribution < 1.29 is 33.0 Å². The van der Waals surface area contributed by atoms with E-state index in [4.69, 9.17) is 5.11 Å². The summed E-state index contributed by atoms with van der Waals surface area (Å²) in [5, 5.41) is 14.0. The summed E-state index contributed by atoms with van der Waals surface area (Å²) in [6.07, 6.45) is 1.26. The van der Waals surface area contributed by atoms with Crippen molar-refractivity contribution in [2.45, 2.75) is 38.5 Å². The van der Waals surface area contributed by atoms with E-state index in [1.807, 2.05) is 11.8 Å². The van der Waals surface area contributed by atoms with Gasteiger partial charge in [0.25, 0.3) is 5.91 Å². The zero-order valence-electron chi connectivity index (χ0n) is 15.4. The van der Waals surface area contributed by atoms with E-state index < -0.39 is 24.4 Å². The van der Waals surface area contributed by atoms with E-state index in [1.165, 1.54) is 24.3 Å². The van der Waals surface area contributed by atoms with Gasteiger partial charge < -0.3 is 20.5 Å². The minimum atomic E-state index is -3.06. The van der Waals surface area contributed by atoms with Crippen LogP contribution in [0.3, 0.4) is 0 Å². The minimum Gasteiger partial charge on any atom is -0.480 e. The fraction of sp³-hybridized carbons (Fsp3) is 0.500. The topological polar surface area (TPSA) is 108 Å². The number of nitrogens with one attached hydrogen (secondary N) is 2. The molecule has 0 aliphatic heterocycles. The molecule has 0 radical (unpaired) electrons. The standard InChI is InChI=1S/C18H23F2N3O5/c1-2-23(10-16(25)26)12-7-11(8-12)22-15(24)9-21-17(27)13-5-3-4-6-14(13)28-18(19)20/h3-6,11-12,18H,2,7-10H2,1H3,(H,21,27)(H,22,24)(H,25,26). The molecule has 3 N–H and O–H groups in total. The molecule has 0 bridgehead atoms. The van der Waals surface area contributed by atoms with Gasteiger partial charge in [0.2, 0.25) is 5.91 Å². The van der Waals surface area contributed by atoms with Gasteiger partial charge in [-0.25, -0.2) is 0 Å². The Balaban J connectivity index is 1.77. The molecule has 1 aliphatic rings. The van der Waals surface area contributed by atoms with E-state index in [-0.39, 0.29) is 36.5 Å². The monoisotopic (exact) mass is 399 g/mol. The molecule has 1 fully saturated rings. The molecule has 2 rings (SSSR count). The van der Waals surface area contributed by atoms with Crippen molar-refractivity contribution in [3.8, 4) is 5.75 Å². The van der Waals surface area contributed by atoms with Gasteiger partial charge in [-0.15, -0.1) is 0 Å². The molecule has 10 heteroatoms.